The largest absolute Gasteiger partial charge is 0.352 e. The molecule has 0 unspecified atom stereocenters. The zero-order valence-electron chi connectivity index (χ0n) is 14.9. The van der Waals surface area contributed by atoms with Gasteiger partial charge in [-0.3, -0.25) is 14.6 Å². The molecule has 0 bridgehead atoms. The lowest BCUT2D eigenvalue weighted by Gasteiger charge is -2.13. The van der Waals surface area contributed by atoms with Crippen LogP contribution in [0.15, 0.2) is 24.3 Å². The van der Waals surface area contributed by atoms with Gasteiger partial charge in [0.2, 0.25) is 5.91 Å². The van der Waals surface area contributed by atoms with Crippen LogP contribution < -0.4 is 10.6 Å². The summed E-state index contributed by atoms with van der Waals surface area (Å²) in [4.78, 5) is 29.0. The summed E-state index contributed by atoms with van der Waals surface area (Å²) in [6, 6.07) is 7.31. The number of nitrogens with one attached hydrogen (secondary N) is 2. The van der Waals surface area contributed by atoms with Gasteiger partial charge < -0.3 is 10.6 Å². The maximum Gasteiger partial charge on any atom is 0.252 e. The van der Waals surface area contributed by atoms with E-state index in [9.17, 15) is 9.59 Å². The molecule has 24 heavy (non-hydrogen) atoms. The van der Waals surface area contributed by atoms with Crippen LogP contribution in [0.2, 0.25) is 0 Å². The third-order valence-electron chi connectivity index (χ3n) is 3.65. The smallest absolute Gasteiger partial charge is 0.252 e. The van der Waals surface area contributed by atoms with Crippen molar-refractivity contribution in [3.05, 3.63) is 35.5 Å². The van der Waals surface area contributed by atoms with Crippen LogP contribution in [0.1, 0.15) is 43.7 Å². The summed E-state index contributed by atoms with van der Waals surface area (Å²) >= 11 is 0. The number of fused-ring (bicyclic) bond motifs is 1. The lowest BCUT2D eigenvalue weighted by Crippen LogP contribution is -2.27. The van der Waals surface area contributed by atoms with Crippen LogP contribution in [0.25, 0.3) is 10.9 Å². The Labute approximate surface area is 142 Å². The molecule has 5 heteroatoms. The summed E-state index contributed by atoms with van der Waals surface area (Å²) in [5.41, 5.74) is 2.68. The predicted octanol–water partition coefficient (Wildman–Crippen LogP) is 3.52. The maximum absolute atomic E-state index is 12.6. The Bertz CT molecular complexity index is 767. The van der Waals surface area contributed by atoms with Crippen LogP contribution in [-0.4, -0.2) is 23.3 Å². The quantitative estimate of drug-likeness (QED) is 0.882. The number of amides is 2. The Balaban J connectivity index is 2.46. The predicted molar refractivity (Wildman–Crippen MR) is 97.1 cm³/mol. The highest BCUT2D eigenvalue weighted by atomic mass is 16.2. The van der Waals surface area contributed by atoms with E-state index in [0.717, 1.165) is 11.1 Å². The van der Waals surface area contributed by atoms with Crippen molar-refractivity contribution in [3.63, 3.8) is 0 Å². The summed E-state index contributed by atoms with van der Waals surface area (Å²) < 4.78 is 0. The molecule has 0 aliphatic heterocycles. The Morgan fingerprint density at radius 1 is 1.12 bits per heavy atom. The molecule has 1 heterocycles. The van der Waals surface area contributed by atoms with Crippen molar-refractivity contribution in [2.24, 2.45) is 11.8 Å². The molecule has 2 rings (SSSR count). The van der Waals surface area contributed by atoms with Gasteiger partial charge in [0.25, 0.3) is 5.91 Å². The van der Waals surface area contributed by atoms with Gasteiger partial charge >= 0.3 is 0 Å². The van der Waals surface area contributed by atoms with E-state index in [2.05, 4.69) is 15.6 Å². The second kappa shape index (κ2) is 7.43. The molecular weight excluding hydrogens is 302 g/mol. The van der Waals surface area contributed by atoms with Gasteiger partial charge in [-0.05, 0) is 31.0 Å². The van der Waals surface area contributed by atoms with Crippen LogP contribution >= 0.6 is 0 Å². The Kier molecular flexibility index (Phi) is 5.54. The minimum Gasteiger partial charge on any atom is -0.352 e. The molecule has 0 aliphatic carbocycles. The van der Waals surface area contributed by atoms with Crippen LogP contribution in [0.5, 0.6) is 0 Å². The number of aromatic nitrogens is 1. The summed E-state index contributed by atoms with van der Waals surface area (Å²) in [5.74, 6) is -0.00988. The number of aryl methyl sites for hydroxylation is 1. The van der Waals surface area contributed by atoms with Crippen molar-refractivity contribution >= 4 is 28.4 Å². The minimum absolute atomic E-state index is 0.0875. The maximum atomic E-state index is 12.6. The van der Waals surface area contributed by atoms with Gasteiger partial charge in [-0.2, -0.15) is 0 Å². The second-order valence-corrected chi connectivity index (χ2v) is 6.79. The van der Waals surface area contributed by atoms with Crippen LogP contribution in [0.4, 0.5) is 5.69 Å². The number of hydrogen-bond acceptors (Lipinski definition) is 3. The average Bonchev–Trinajstić information content (AvgIpc) is 2.51. The number of benzene rings is 1. The SMILES string of the molecule is Cc1ccc2c(C(=O)NCC(C)C)cc(NC(=O)C(C)C)cc2n1. The van der Waals surface area contributed by atoms with E-state index >= 15 is 0 Å². The topological polar surface area (TPSA) is 71.1 Å². The molecule has 2 aromatic rings. The number of carbonyl (C=O) groups is 2. The molecule has 0 fully saturated rings. The Morgan fingerprint density at radius 2 is 1.83 bits per heavy atom. The first-order valence-electron chi connectivity index (χ1n) is 8.28. The molecule has 2 N–H and O–H groups in total. The molecule has 0 radical (unpaired) electrons. The fourth-order valence-electron chi connectivity index (χ4n) is 2.28. The zero-order chi connectivity index (χ0) is 17.9. The van der Waals surface area contributed by atoms with Gasteiger partial charge in [0.1, 0.15) is 0 Å². The van der Waals surface area contributed by atoms with Crippen molar-refractivity contribution < 1.29 is 9.59 Å². The molecule has 0 aliphatic rings. The molecular formula is C19H25N3O2. The molecule has 2 amide bonds. The lowest BCUT2D eigenvalue weighted by molar-refractivity contribution is -0.118. The normalized spacial score (nSPS) is 11.1. The number of pyridine rings is 1. The molecule has 0 atom stereocenters. The van der Waals surface area contributed by atoms with Crippen molar-refractivity contribution in [3.8, 4) is 0 Å². The zero-order valence-corrected chi connectivity index (χ0v) is 14.9. The van der Waals surface area contributed by atoms with Gasteiger partial charge in [-0.15, -0.1) is 0 Å². The number of nitrogens with zero attached hydrogens (tertiary/aromatic N) is 1. The van der Waals surface area contributed by atoms with E-state index in [4.69, 9.17) is 0 Å². The number of carbonyl (C=O) groups excluding carboxylic acids is 2. The minimum atomic E-state index is -0.153. The van der Waals surface area contributed by atoms with Gasteiger partial charge in [0, 0.05) is 29.2 Å². The van der Waals surface area contributed by atoms with E-state index in [-0.39, 0.29) is 17.7 Å². The van der Waals surface area contributed by atoms with Gasteiger partial charge in [0.05, 0.1) is 11.1 Å². The molecule has 5 nitrogen and oxygen atoms in total. The number of hydrogen-bond donors (Lipinski definition) is 2. The third-order valence-corrected chi connectivity index (χ3v) is 3.65. The van der Waals surface area contributed by atoms with Crippen molar-refractivity contribution in [2.45, 2.75) is 34.6 Å². The highest BCUT2D eigenvalue weighted by Crippen LogP contribution is 2.24. The van der Waals surface area contributed by atoms with Gasteiger partial charge in [-0.25, -0.2) is 0 Å². The summed E-state index contributed by atoms with van der Waals surface area (Å²) in [5, 5.41) is 6.57. The fraction of sp³-hybridized carbons (Fsp3) is 0.421. The standard InChI is InChI=1S/C19H25N3O2/c1-11(2)10-20-19(24)16-8-14(22-18(23)12(3)4)9-17-15(16)7-6-13(5)21-17/h6-9,11-12H,10H2,1-5H3,(H,20,24)(H,22,23). The molecule has 0 saturated heterocycles. The summed E-state index contributed by atoms with van der Waals surface area (Å²) in [6.07, 6.45) is 0. The fourth-order valence-corrected chi connectivity index (χ4v) is 2.28. The van der Waals surface area contributed by atoms with Crippen LogP contribution in [-0.2, 0) is 4.79 Å². The molecule has 0 saturated carbocycles. The average molecular weight is 327 g/mol. The first kappa shape index (κ1) is 17.9. The Hall–Kier alpha value is -2.43. The van der Waals surface area contributed by atoms with E-state index < -0.39 is 0 Å². The summed E-state index contributed by atoms with van der Waals surface area (Å²) in [6.45, 7) is 10.2. The van der Waals surface area contributed by atoms with Gasteiger partial charge in [-0.1, -0.05) is 33.8 Å². The molecule has 128 valence electrons. The van der Waals surface area contributed by atoms with E-state index in [1.807, 2.05) is 52.8 Å². The van der Waals surface area contributed by atoms with Crippen molar-refractivity contribution in [1.29, 1.82) is 0 Å². The van der Waals surface area contributed by atoms with Gasteiger partial charge in [0.15, 0.2) is 0 Å². The molecule has 1 aromatic carbocycles. The highest BCUT2D eigenvalue weighted by Gasteiger charge is 2.15. The van der Waals surface area contributed by atoms with E-state index in [1.165, 1.54) is 0 Å². The second-order valence-electron chi connectivity index (χ2n) is 6.79. The molecule has 0 spiro atoms. The first-order valence-corrected chi connectivity index (χ1v) is 8.28. The molecule has 1 aromatic heterocycles. The van der Waals surface area contributed by atoms with Crippen LogP contribution in [0, 0.1) is 18.8 Å². The number of rotatable bonds is 5. The Morgan fingerprint density at radius 3 is 2.46 bits per heavy atom. The third kappa shape index (κ3) is 4.31. The van der Waals surface area contributed by atoms with Crippen molar-refractivity contribution in [1.82, 2.24) is 10.3 Å². The van der Waals surface area contributed by atoms with Crippen molar-refractivity contribution in [2.75, 3.05) is 11.9 Å². The van der Waals surface area contributed by atoms with E-state index in [1.54, 1.807) is 6.07 Å². The summed E-state index contributed by atoms with van der Waals surface area (Å²) in [7, 11) is 0. The highest BCUT2D eigenvalue weighted by molar-refractivity contribution is 6.08. The number of anilines is 1. The monoisotopic (exact) mass is 327 g/mol. The lowest BCUT2D eigenvalue weighted by atomic mass is 10.0. The first-order chi connectivity index (χ1) is 11.3. The van der Waals surface area contributed by atoms with E-state index in [0.29, 0.717) is 29.2 Å². The van der Waals surface area contributed by atoms with Crippen LogP contribution in [0.3, 0.4) is 0 Å².